The van der Waals surface area contributed by atoms with Crippen LogP contribution < -0.4 is 0 Å². The molecule has 0 aliphatic heterocycles. The average Bonchev–Trinajstić information content (AvgIpc) is 2.32. The Hall–Kier alpha value is -1.35. The van der Waals surface area contributed by atoms with Gasteiger partial charge < -0.3 is 0 Å². The summed E-state index contributed by atoms with van der Waals surface area (Å²) in [7, 11) is 3.08. The zero-order valence-corrected chi connectivity index (χ0v) is 9.86. The van der Waals surface area contributed by atoms with E-state index in [4.69, 9.17) is 4.84 Å². The van der Waals surface area contributed by atoms with Crippen molar-refractivity contribution in [2.24, 2.45) is 0 Å². The molecule has 0 N–H and O–H groups in total. The number of benzene rings is 1. The zero-order valence-electron chi connectivity index (χ0n) is 9.86. The highest BCUT2D eigenvalue weighted by Gasteiger charge is 2.07. The molecule has 84 valence electrons. The minimum atomic E-state index is -0.0475. The number of hydrogen-bond acceptors (Lipinski definition) is 2. The molecule has 3 nitrogen and oxygen atoms in total. The summed E-state index contributed by atoms with van der Waals surface area (Å²) < 4.78 is 0. The first-order chi connectivity index (χ1) is 7.24. The molecule has 0 aliphatic rings. The molecule has 0 heterocycles. The number of rotatable bonds is 3. The number of hydrogen-bond donors (Lipinski definition) is 0. The predicted molar refractivity (Wildman–Crippen MR) is 61.3 cm³/mol. The zero-order chi connectivity index (χ0) is 11.7. The molecule has 0 saturated heterocycles. The maximum Gasteiger partial charge on any atom is 0.250 e. The lowest BCUT2D eigenvalue weighted by atomic mass is 10.1. The van der Waals surface area contributed by atoms with E-state index < -0.39 is 0 Å². The molecule has 15 heavy (non-hydrogen) atoms. The van der Waals surface area contributed by atoms with Crippen LogP contribution in [0.1, 0.15) is 19.4 Å². The van der Waals surface area contributed by atoms with Crippen LogP contribution in [0, 0.1) is 0 Å². The molecule has 0 aliphatic carbocycles. The fraction of sp³-hybridized carbons (Fsp3) is 0.417. The van der Waals surface area contributed by atoms with Gasteiger partial charge >= 0.3 is 0 Å². The molecule has 0 radical (unpaired) electrons. The van der Waals surface area contributed by atoms with E-state index in [1.165, 1.54) is 12.2 Å². The summed E-state index contributed by atoms with van der Waals surface area (Å²) in [5.74, 6) is -0.0475. The maximum atomic E-state index is 11.3. The lowest BCUT2D eigenvalue weighted by molar-refractivity contribution is -0.167. The van der Waals surface area contributed by atoms with E-state index in [1.807, 2.05) is 44.2 Å². The highest BCUT2D eigenvalue weighted by Crippen LogP contribution is 2.01. The van der Waals surface area contributed by atoms with Crippen LogP contribution in [-0.2, 0) is 16.1 Å². The quantitative estimate of drug-likeness (QED) is 0.715. The topological polar surface area (TPSA) is 29.5 Å². The van der Waals surface area contributed by atoms with Crippen molar-refractivity contribution in [3.05, 3.63) is 35.9 Å². The van der Waals surface area contributed by atoms with Crippen LogP contribution >= 0.6 is 0 Å². The van der Waals surface area contributed by atoms with Gasteiger partial charge in [0.15, 0.2) is 0 Å². The van der Waals surface area contributed by atoms with Crippen LogP contribution in [0.5, 0.6) is 0 Å². The summed E-state index contributed by atoms with van der Waals surface area (Å²) in [4.78, 5) is 16.1. The molecule has 0 spiro atoms. The first kappa shape index (κ1) is 13.7. The van der Waals surface area contributed by atoms with Gasteiger partial charge in [-0.05, 0) is 5.56 Å². The number of carbonyl (C=O) groups excluding carboxylic acids is 1. The standard InChI is InChI=1S/C10H13NO2.C2H6/c1-11(13-2)10(12)8-9-6-4-3-5-7-9;1-2/h3-7H,8H2,1-2H3;1-2H3. The molecular weight excluding hydrogens is 190 g/mol. The molecule has 1 aromatic rings. The number of amides is 1. The van der Waals surface area contributed by atoms with Crippen molar-refractivity contribution < 1.29 is 9.63 Å². The second-order valence-corrected chi connectivity index (χ2v) is 2.74. The Bertz CT molecular complexity index is 272. The predicted octanol–water partition coefficient (Wildman–Crippen LogP) is 2.28. The van der Waals surface area contributed by atoms with E-state index in [1.54, 1.807) is 7.05 Å². The van der Waals surface area contributed by atoms with Crippen molar-refractivity contribution >= 4 is 5.91 Å². The van der Waals surface area contributed by atoms with Crippen LogP contribution in [0.3, 0.4) is 0 Å². The van der Waals surface area contributed by atoms with E-state index in [0.29, 0.717) is 6.42 Å². The van der Waals surface area contributed by atoms with Crippen molar-refractivity contribution in [1.29, 1.82) is 0 Å². The second kappa shape index (κ2) is 8.00. The third-order valence-electron chi connectivity index (χ3n) is 1.82. The summed E-state index contributed by atoms with van der Waals surface area (Å²) in [6.07, 6.45) is 0.380. The van der Waals surface area contributed by atoms with Crippen molar-refractivity contribution in [3.8, 4) is 0 Å². The van der Waals surface area contributed by atoms with Crippen molar-refractivity contribution in [2.75, 3.05) is 14.2 Å². The van der Waals surface area contributed by atoms with Gasteiger partial charge in [0, 0.05) is 7.05 Å². The fourth-order valence-electron chi connectivity index (χ4n) is 0.984. The molecule has 0 saturated carbocycles. The van der Waals surface area contributed by atoms with Crippen molar-refractivity contribution in [3.63, 3.8) is 0 Å². The van der Waals surface area contributed by atoms with E-state index in [0.717, 1.165) is 5.56 Å². The SMILES string of the molecule is CC.CON(C)C(=O)Cc1ccccc1. The van der Waals surface area contributed by atoms with Gasteiger partial charge in [0.05, 0.1) is 13.5 Å². The largest absolute Gasteiger partial charge is 0.275 e. The summed E-state index contributed by atoms with van der Waals surface area (Å²) in [5.41, 5.74) is 0.997. The van der Waals surface area contributed by atoms with Gasteiger partial charge in [-0.3, -0.25) is 9.63 Å². The number of likely N-dealkylation sites (N-methyl/N-ethyl adjacent to an activating group) is 1. The van der Waals surface area contributed by atoms with Crippen molar-refractivity contribution in [1.82, 2.24) is 5.06 Å². The fourth-order valence-corrected chi connectivity index (χ4v) is 0.984. The Morgan fingerprint density at radius 2 is 1.80 bits per heavy atom. The minimum Gasteiger partial charge on any atom is -0.275 e. The van der Waals surface area contributed by atoms with Crippen molar-refractivity contribution in [2.45, 2.75) is 20.3 Å². The highest BCUT2D eigenvalue weighted by atomic mass is 16.7. The Morgan fingerprint density at radius 3 is 2.27 bits per heavy atom. The first-order valence-corrected chi connectivity index (χ1v) is 5.08. The molecule has 1 aromatic carbocycles. The first-order valence-electron chi connectivity index (χ1n) is 5.08. The number of carbonyl (C=O) groups is 1. The average molecular weight is 209 g/mol. The van der Waals surface area contributed by atoms with Crippen LogP contribution in [0.2, 0.25) is 0 Å². The lowest BCUT2D eigenvalue weighted by Gasteiger charge is -2.13. The lowest BCUT2D eigenvalue weighted by Crippen LogP contribution is -2.26. The Balaban J connectivity index is 0.000000921. The Morgan fingerprint density at radius 1 is 1.27 bits per heavy atom. The summed E-state index contributed by atoms with van der Waals surface area (Å²) >= 11 is 0. The third kappa shape index (κ3) is 5.18. The monoisotopic (exact) mass is 209 g/mol. The van der Waals surface area contributed by atoms with E-state index in [-0.39, 0.29) is 5.91 Å². The number of nitrogens with zero attached hydrogens (tertiary/aromatic N) is 1. The van der Waals surface area contributed by atoms with Gasteiger partial charge in [0.25, 0.3) is 0 Å². The summed E-state index contributed by atoms with van der Waals surface area (Å²) in [5, 5.41) is 1.23. The molecule has 1 amide bonds. The van der Waals surface area contributed by atoms with Crippen LogP contribution in [0.25, 0.3) is 0 Å². The molecule has 0 atom stereocenters. The smallest absolute Gasteiger partial charge is 0.250 e. The molecule has 0 fully saturated rings. The van der Waals surface area contributed by atoms with Crippen LogP contribution in [0.4, 0.5) is 0 Å². The molecule has 1 rings (SSSR count). The van der Waals surface area contributed by atoms with Gasteiger partial charge in [0.1, 0.15) is 0 Å². The molecular formula is C12H19NO2. The minimum absolute atomic E-state index is 0.0475. The highest BCUT2D eigenvalue weighted by molar-refractivity contribution is 5.77. The van der Waals surface area contributed by atoms with Gasteiger partial charge in [0.2, 0.25) is 5.91 Å². The van der Waals surface area contributed by atoms with E-state index >= 15 is 0 Å². The van der Waals surface area contributed by atoms with E-state index in [9.17, 15) is 4.79 Å². The van der Waals surface area contributed by atoms with Crippen LogP contribution in [-0.4, -0.2) is 25.1 Å². The van der Waals surface area contributed by atoms with Crippen LogP contribution in [0.15, 0.2) is 30.3 Å². The van der Waals surface area contributed by atoms with Gasteiger partial charge in [-0.1, -0.05) is 44.2 Å². The molecule has 0 unspecified atom stereocenters. The summed E-state index contributed by atoms with van der Waals surface area (Å²) in [6.45, 7) is 4.00. The molecule has 0 bridgehead atoms. The van der Waals surface area contributed by atoms with E-state index in [2.05, 4.69) is 0 Å². The molecule has 3 heteroatoms. The Labute approximate surface area is 91.6 Å². The Kier molecular flexibility index (Phi) is 7.28. The summed E-state index contributed by atoms with van der Waals surface area (Å²) in [6, 6.07) is 9.58. The number of hydroxylamine groups is 2. The van der Waals surface area contributed by atoms with Gasteiger partial charge in [-0.15, -0.1) is 0 Å². The molecule has 0 aromatic heterocycles. The maximum absolute atomic E-state index is 11.3. The second-order valence-electron chi connectivity index (χ2n) is 2.74. The van der Waals surface area contributed by atoms with Gasteiger partial charge in [-0.25, -0.2) is 5.06 Å². The van der Waals surface area contributed by atoms with Gasteiger partial charge in [-0.2, -0.15) is 0 Å². The normalized spacial score (nSPS) is 8.80. The third-order valence-corrected chi connectivity index (χ3v) is 1.82.